The molecule has 32 heavy (non-hydrogen) atoms. The highest BCUT2D eigenvalue weighted by Crippen LogP contribution is 2.38. The number of anilines is 1. The van der Waals surface area contributed by atoms with Crippen molar-refractivity contribution in [2.45, 2.75) is 26.5 Å². The molecule has 0 bridgehead atoms. The number of thiazole rings is 1. The van der Waals surface area contributed by atoms with E-state index in [1.807, 2.05) is 52.5 Å². The maximum atomic E-state index is 13.0. The number of aromatic nitrogens is 2. The second-order valence-electron chi connectivity index (χ2n) is 7.50. The molecule has 162 valence electrons. The number of fused-ring (bicyclic) bond motifs is 2. The van der Waals surface area contributed by atoms with Gasteiger partial charge in [-0.15, -0.1) is 11.3 Å². The van der Waals surface area contributed by atoms with Gasteiger partial charge in [0.05, 0.1) is 30.1 Å². The smallest absolute Gasteiger partial charge is 0.338 e. The zero-order valence-corrected chi connectivity index (χ0v) is 18.5. The van der Waals surface area contributed by atoms with Crippen LogP contribution in [0, 0.1) is 0 Å². The molecule has 7 nitrogen and oxygen atoms in total. The summed E-state index contributed by atoms with van der Waals surface area (Å²) < 4.78 is 12.9. The van der Waals surface area contributed by atoms with Crippen LogP contribution < -0.4 is 9.64 Å². The number of nitrogens with zero attached hydrogens (tertiary/aromatic N) is 3. The van der Waals surface area contributed by atoms with Gasteiger partial charge in [-0.1, -0.05) is 12.1 Å². The first-order valence-corrected chi connectivity index (χ1v) is 11.2. The van der Waals surface area contributed by atoms with Crippen LogP contribution in [0.25, 0.3) is 16.2 Å². The third kappa shape index (κ3) is 3.62. The van der Waals surface area contributed by atoms with Crippen LogP contribution in [0.15, 0.2) is 60.2 Å². The van der Waals surface area contributed by atoms with Gasteiger partial charge in [-0.3, -0.25) is 9.20 Å². The number of carbonyl (C=O) groups is 2. The molecule has 0 aliphatic carbocycles. The van der Waals surface area contributed by atoms with Crippen molar-refractivity contribution in [2.75, 3.05) is 11.5 Å². The lowest BCUT2D eigenvalue weighted by atomic mass is 10.1. The average molecular weight is 448 g/mol. The number of benzene rings is 2. The lowest BCUT2D eigenvalue weighted by Crippen LogP contribution is -2.44. The molecule has 8 heteroatoms. The van der Waals surface area contributed by atoms with Crippen molar-refractivity contribution >= 4 is 33.9 Å². The first kappa shape index (κ1) is 20.3. The Labute approximate surface area is 188 Å². The van der Waals surface area contributed by atoms with E-state index in [0.717, 1.165) is 21.8 Å². The monoisotopic (exact) mass is 447 g/mol. The van der Waals surface area contributed by atoms with Crippen LogP contribution >= 0.6 is 11.3 Å². The Kier molecular flexibility index (Phi) is 5.14. The van der Waals surface area contributed by atoms with Crippen LogP contribution in [0.4, 0.5) is 5.69 Å². The molecule has 5 rings (SSSR count). The number of ether oxygens (including phenoxy) is 2. The fourth-order valence-corrected chi connectivity index (χ4v) is 4.44. The first-order valence-electron chi connectivity index (χ1n) is 10.3. The summed E-state index contributed by atoms with van der Waals surface area (Å²) in [5.41, 5.74) is 3.84. The molecule has 0 fully saturated rings. The molecule has 2 aromatic heterocycles. The van der Waals surface area contributed by atoms with E-state index in [0.29, 0.717) is 30.2 Å². The molecule has 2 aromatic carbocycles. The highest BCUT2D eigenvalue weighted by Gasteiger charge is 2.32. The average Bonchev–Trinajstić information content (AvgIpc) is 3.40. The number of hydrogen-bond acceptors (Lipinski definition) is 6. The maximum Gasteiger partial charge on any atom is 0.338 e. The van der Waals surface area contributed by atoms with E-state index in [9.17, 15) is 9.59 Å². The minimum absolute atomic E-state index is 0.116. The van der Waals surface area contributed by atoms with Crippen LogP contribution in [-0.2, 0) is 16.1 Å². The molecule has 1 amide bonds. The van der Waals surface area contributed by atoms with Gasteiger partial charge >= 0.3 is 5.97 Å². The number of esters is 1. The van der Waals surface area contributed by atoms with Crippen molar-refractivity contribution in [3.8, 4) is 17.0 Å². The Morgan fingerprint density at radius 3 is 2.78 bits per heavy atom. The molecule has 1 atom stereocenters. The summed E-state index contributed by atoms with van der Waals surface area (Å²) in [6.07, 6.45) is 3.36. The van der Waals surface area contributed by atoms with Crippen LogP contribution in [0.1, 0.15) is 29.8 Å². The van der Waals surface area contributed by atoms with E-state index in [4.69, 9.17) is 9.47 Å². The van der Waals surface area contributed by atoms with E-state index in [1.54, 1.807) is 42.2 Å². The summed E-state index contributed by atoms with van der Waals surface area (Å²) in [5.74, 6) is 0.185. The molecular weight excluding hydrogens is 426 g/mol. The van der Waals surface area contributed by atoms with Crippen molar-refractivity contribution in [2.24, 2.45) is 0 Å². The molecule has 0 spiro atoms. The van der Waals surface area contributed by atoms with Crippen molar-refractivity contribution in [3.05, 3.63) is 71.4 Å². The van der Waals surface area contributed by atoms with Crippen molar-refractivity contribution in [3.63, 3.8) is 0 Å². The predicted molar refractivity (Wildman–Crippen MR) is 122 cm³/mol. The molecule has 1 unspecified atom stereocenters. The second-order valence-corrected chi connectivity index (χ2v) is 8.38. The summed E-state index contributed by atoms with van der Waals surface area (Å²) in [4.78, 5) is 32.2. The molecule has 4 aromatic rings. The Hall–Kier alpha value is -3.65. The molecule has 0 saturated heterocycles. The minimum Gasteiger partial charge on any atom is -0.479 e. The van der Waals surface area contributed by atoms with Gasteiger partial charge in [-0.2, -0.15) is 0 Å². The molecule has 3 heterocycles. The van der Waals surface area contributed by atoms with E-state index in [1.165, 1.54) is 0 Å². The summed E-state index contributed by atoms with van der Waals surface area (Å²) in [7, 11) is 0. The topological polar surface area (TPSA) is 73.1 Å². The summed E-state index contributed by atoms with van der Waals surface area (Å²) in [6.45, 7) is 4.22. The van der Waals surface area contributed by atoms with Gasteiger partial charge in [0.2, 0.25) is 0 Å². The fourth-order valence-electron chi connectivity index (χ4n) is 3.74. The molecule has 1 aliphatic rings. The Morgan fingerprint density at radius 2 is 2.03 bits per heavy atom. The molecule has 0 N–H and O–H groups in total. The summed E-state index contributed by atoms with van der Waals surface area (Å²) in [6, 6.07) is 12.9. The molecular formula is C24H21N3O4S. The summed E-state index contributed by atoms with van der Waals surface area (Å²) in [5, 5.41) is 1.99. The van der Waals surface area contributed by atoms with Gasteiger partial charge in [-0.05, 0) is 49.7 Å². The largest absolute Gasteiger partial charge is 0.479 e. The third-order valence-corrected chi connectivity index (χ3v) is 6.13. The van der Waals surface area contributed by atoms with Crippen molar-refractivity contribution < 1.29 is 19.1 Å². The molecule has 0 radical (unpaired) electrons. The lowest BCUT2D eigenvalue weighted by molar-refractivity contribution is -0.125. The number of hydrogen-bond donors (Lipinski definition) is 0. The SMILES string of the molecule is CCOC(=O)c1ccc(CN2C(=O)C(C)Oc3ccc(-c4cn5ccsc5n4)cc32)cc1. The lowest BCUT2D eigenvalue weighted by Gasteiger charge is -2.33. The Bertz CT molecular complexity index is 1280. The number of rotatable bonds is 5. The number of carbonyl (C=O) groups excluding carboxylic acids is 2. The Balaban J connectivity index is 1.47. The van der Waals surface area contributed by atoms with Gasteiger partial charge in [0.1, 0.15) is 5.75 Å². The Morgan fingerprint density at radius 1 is 1.22 bits per heavy atom. The van der Waals surface area contributed by atoms with Crippen LogP contribution in [0.3, 0.4) is 0 Å². The van der Waals surface area contributed by atoms with Crippen LogP contribution in [0.2, 0.25) is 0 Å². The van der Waals surface area contributed by atoms with Crippen LogP contribution in [-0.4, -0.2) is 34.0 Å². The first-order chi connectivity index (χ1) is 15.5. The minimum atomic E-state index is -0.579. The predicted octanol–water partition coefficient (Wildman–Crippen LogP) is 4.55. The highest BCUT2D eigenvalue weighted by atomic mass is 32.1. The van der Waals surface area contributed by atoms with Gasteiger partial charge in [0, 0.05) is 23.3 Å². The van der Waals surface area contributed by atoms with Gasteiger partial charge in [0.15, 0.2) is 11.1 Å². The van der Waals surface area contributed by atoms with Crippen molar-refractivity contribution in [1.29, 1.82) is 0 Å². The zero-order valence-electron chi connectivity index (χ0n) is 17.6. The van der Waals surface area contributed by atoms with Gasteiger partial charge in [-0.25, -0.2) is 9.78 Å². The zero-order chi connectivity index (χ0) is 22.2. The second kappa shape index (κ2) is 8.12. The van der Waals surface area contributed by atoms with Crippen LogP contribution in [0.5, 0.6) is 5.75 Å². The van der Waals surface area contributed by atoms with E-state index in [2.05, 4.69) is 4.98 Å². The van der Waals surface area contributed by atoms with E-state index >= 15 is 0 Å². The van der Waals surface area contributed by atoms with E-state index in [-0.39, 0.29) is 11.9 Å². The highest BCUT2D eigenvalue weighted by molar-refractivity contribution is 7.15. The molecule has 1 aliphatic heterocycles. The molecule has 0 saturated carbocycles. The normalized spacial score (nSPS) is 15.5. The maximum absolute atomic E-state index is 13.0. The van der Waals surface area contributed by atoms with E-state index < -0.39 is 6.10 Å². The standard InChI is InChI=1S/C24H21N3O4S/c1-3-30-23(29)17-6-4-16(5-7-17)13-27-20-12-18(8-9-21(20)31-15(2)22(27)28)19-14-26-10-11-32-24(26)25-19/h4-12,14-15H,3,13H2,1-2H3. The quantitative estimate of drug-likeness (QED) is 0.420. The summed E-state index contributed by atoms with van der Waals surface area (Å²) >= 11 is 1.57. The number of amides is 1. The fraction of sp³-hybridized carbons (Fsp3) is 0.208. The number of imidazole rings is 1. The van der Waals surface area contributed by atoms with Crippen molar-refractivity contribution in [1.82, 2.24) is 9.38 Å². The van der Waals surface area contributed by atoms with Gasteiger partial charge < -0.3 is 14.4 Å². The third-order valence-electron chi connectivity index (χ3n) is 5.36. The van der Waals surface area contributed by atoms with Gasteiger partial charge in [0.25, 0.3) is 5.91 Å².